The first-order valence-corrected chi connectivity index (χ1v) is 5.39. The van der Waals surface area contributed by atoms with Gasteiger partial charge in [-0.3, -0.25) is 0 Å². The maximum Gasteiger partial charge on any atom is 0.0644 e. The highest BCUT2D eigenvalue weighted by Gasteiger charge is 2.19. The Balaban J connectivity index is 2.35. The third-order valence-corrected chi connectivity index (χ3v) is 2.64. The first-order chi connectivity index (χ1) is 7.14. The van der Waals surface area contributed by atoms with E-state index in [1.807, 2.05) is 25.1 Å². The van der Waals surface area contributed by atoms with Gasteiger partial charge in [0, 0.05) is 13.7 Å². The van der Waals surface area contributed by atoms with E-state index in [1.165, 1.54) is 5.56 Å². The smallest absolute Gasteiger partial charge is 0.0644 e. The highest BCUT2D eigenvalue weighted by atomic mass is 16.5. The largest absolute Gasteiger partial charge is 0.390 e. The number of hydrogen-bond donors (Lipinski definition) is 1. The molecule has 15 heavy (non-hydrogen) atoms. The van der Waals surface area contributed by atoms with Crippen LogP contribution in [-0.2, 0) is 11.2 Å². The Morgan fingerprint density at radius 3 is 2.47 bits per heavy atom. The van der Waals surface area contributed by atoms with Crippen molar-refractivity contribution in [3.63, 3.8) is 0 Å². The molecule has 0 aliphatic rings. The molecule has 84 valence electrons. The van der Waals surface area contributed by atoms with E-state index in [-0.39, 0.29) is 0 Å². The molecule has 0 fully saturated rings. The highest BCUT2D eigenvalue weighted by molar-refractivity contribution is 5.14. The normalized spacial score (nSPS) is 14.9. The molecule has 0 saturated heterocycles. The van der Waals surface area contributed by atoms with Crippen LogP contribution in [0.25, 0.3) is 0 Å². The summed E-state index contributed by atoms with van der Waals surface area (Å²) in [4.78, 5) is 0. The molecule has 0 spiro atoms. The fraction of sp³-hybridized carbons (Fsp3) is 0.538. The summed E-state index contributed by atoms with van der Waals surface area (Å²) in [5, 5.41) is 10.0. The van der Waals surface area contributed by atoms with Gasteiger partial charge >= 0.3 is 0 Å². The first-order valence-electron chi connectivity index (χ1n) is 5.39. The zero-order valence-corrected chi connectivity index (χ0v) is 9.57. The zero-order valence-electron chi connectivity index (χ0n) is 9.57. The Hall–Kier alpha value is -0.860. The van der Waals surface area contributed by atoms with Crippen LogP contribution in [0.2, 0.25) is 0 Å². The monoisotopic (exact) mass is 208 g/mol. The Morgan fingerprint density at radius 1 is 1.20 bits per heavy atom. The molecule has 0 heterocycles. The number of benzene rings is 1. The molecule has 0 radical (unpaired) electrons. The van der Waals surface area contributed by atoms with Crippen molar-refractivity contribution in [2.75, 3.05) is 13.7 Å². The maximum absolute atomic E-state index is 10.0. The lowest BCUT2D eigenvalue weighted by molar-refractivity contribution is 0.0176. The van der Waals surface area contributed by atoms with Crippen LogP contribution >= 0.6 is 0 Å². The minimum absolute atomic E-state index is 0.613. The molecule has 1 rings (SSSR count). The van der Waals surface area contributed by atoms with Gasteiger partial charge in [-0.15, -0.1) is 0 Å². The van der Waals surface area contributed by atoms with Crippen LogP contribution in [0.4, 0.5) is 0 Å². The van der Waals surface area contributed by atoms with E-state index in [4.69, 9.17) is 4.74 Å². The molecule has 0 bridgehead atoms. The summed E-state index contributed by atoms with van der Waals surface area (Å²) in [6, 6.07) is 10.2. The average Bonchev–Trinajstić information content (AvgIpc) is 2.25. The second-order valence-electron chi connectivity index (χ2n) is 4.23. The van der Waals surface area contributed by atoms with Gasteiger partial charge in [-0.1, -0.05) is 30.3 Å². The number of aliphatic hydroxyl groups is 1. The predicted octanol–water partition coefficient (Wildman–Crippen LogP) is 2.41. The van der Waals surface area contributed by atoms with Gasteiger partial charge in [-0.2, -0.15) is 0 Å². The molecule has 1 aromatic carbocycles. The lowest BCUT2D eigenvalue weighted by Crippen LogP contribution is -2.26. The molecule has 1 N–H and O–H groups in total. The van der Waals surface area contributed by atoms with Crippen LogP contribution in [0, 0.1) is 0 Å². The predicted molar refractivity (Wildman–Crippen MR) is 61.9 cm³/mol. The molecular weight excluding hydrogens is 188 g/mol. The topological polar surface area (TPSA) is 29.5 Å². The summed E-state index contributed by atoms with van der Waals surface area (Å²) in [6.07, 6.45) is 2.38. The van der Waals surface area contributed by atoms with Crippen molar-refractivity contribution in [3.05, 3.63) is 35.9 Å². The van der Waals surface area contributed by atoms with Gasteiger partial charge in [0.15, 0.2) is 0 Å². The van der Waals surface area contributed by atoms with Gasteiger partial charge in [0.2, 0.25) is 0 Å². The van der Waals surface area contributed by atoms with Crippen molar-refractivity contribution in [1.82, 2.24) is 0 Å². The van der Waals surface area contributed by atoms with E-state index in [0.717, 1.165) is 12.8 Å². The lowest BCUT2D eigenvalue weighted by atomic mass is 9.94. The van der Waals surface area contributed by atoms with Gasteiger partial charge in [-0.25, -0.2) is 0 Å². The van der Waals surface area contributed by atoms with Crippen molar-refractivity contribution >= 4 is 0 Å². The summed E-state index contributed by atoms with van der Waals surface area (Å²) < 4.78 is 4.97. The fourth-order valence-corrected chi connectivity index (χ4v) is 1.51. The number of hydrogen-bond acceptors (Lipinski definition) is 2. The van der Waals surface area contributed by atoms with Crippen molar-refractivity contribution in [2.24, 2.45) is 0 Å². The summed E-state index contributed by atoms with van der Waals surface area (Å²) in [6.45, 7) is 2.48. The Bertz CT molecular complexity index is 267. The van der Waals surface area contributed by atoms with Crippen LogP contribution in [0.1, 0.15) is 25.3 Å². The first kappa shape index (κ1) is 12.2. The summed E-state index contributed by atoms with van der Waals surface area (Å²) in [5.41, 5.74) is 0.654. The Kier molecular flexibility index (Phi) is 4.79. The molecule has 0 saturated carbocycles. The molecule has 2 heteroatoms. The fourth-order valence-electron chi connectivity index (χ4n) is 1.51. The number of aryl methyl sites for hydroxylation is 1. The average molecular weight is 208 g/mol. The molecule has 0 amide bonds. The molecule has 1 aromatic rings. The van der Waals surface area contributed by atoms with E-state index in [0.29, 0.717) is 13.0 Å². The van der Waals surface area contributed by atoms with E-state index < -0.39 is 5.60 Å². The summed E-state index contributed by atoms with van der Waals surface area (Å²) in [5.74, 6) is 0. The van der Waals surface area contributed by atoms with E-state index in [9.17, 15) is 5.11 Å². The van der Waals surface area contributed by atoms with Gasteiger partial charge < -0.3 is 9.84 Å². The SMILES string of the molecule is COCCC(C)(O)CCc1ccccc1. The second kappa shape index (κ2) is 5.89. The minimum atomic E-state index is -0.619. The van der Waals surface area contributed by atoms with Crippen LogP contribution in [0.5, 0.6) is 0 Å². The molecule has 0 aliphatic carbocycles. The van der Waals surface area contributed by atoms with Crippen molar-refractivity contribution in [1.29, 1.82) is 0 Å². The molecule has 0 aromatic heterocycles. The maximum atomic E-state index is 10.0. The molecule has 1 unspecified atom stereocenters. The van der Waals surface area contributed by atoms with Crippen LogP contribution in [-0.4, -0.2) is 24.4 Å². The summed E-state index contributed by atoms with van der Waals surface area (Å²) in [7, 11) is 1.66. The van der Waals surface area contributed by atoms with Crippen LogP contribution in [0.15, 0.2) is 30.3 Å². The Morgan fingerprint density at radius 2 is 1.87 bits per heavy atom. The third kappa shape index (κ3) is 4.96. The van der Waals surface area contributed by atoms with E-state index in [1.54, 1.807) is 7.11 Å². The van der Waals surface area contributed by atoms with Gasteiger partial charge in [0.1, 0.15) is 0 Å². The van der Waals surface area contributed by atoms with Crippen molar-refractivity contribution < 1.29 is 9.84 Å². The van der Waals surface area contributed by atoms with Crippen molar-refractivity contribution in [2.45, 2.75) is 31.8 Å². The molecule has 2 nitrogen and oxygen atoms in total. The number of ether oxygens (including phenoxy) is 1. The Labute approximate surface area is 91.9 Å². The second-order valence-corrected chi connectivity index (χ2v) is 4.23. The van der Waals surface area contributed by atoms with Gasteiger partial charge in [0.25, 0.3) is 0 Å². The third-order valence-electron chi connectivity index (χ3n) is 2.64. The molecule has 0 aliphatic heterocycles. The van der Waals surface area contributed by atoms with Crippen LogP contribution in [0.3, 0.4) is 0 Å². The quantitative estimate of drug-likeness (QED) is 0.778. The van der Waals surface area contributed by atoms with Crippen LogP contribution < -0.4 is 0 Å². The highest BCUT2D eigenvalue weighted by Crippen LogP contribution is 2.17. The number of rotatable bonds is 6. The zero-order chi connectivity index (χ0) is 11.1. The summed E-state index contributed by atoms with van der Waals surface area (Å²) >= 11 is 0. The standard InChI is InChI=1S/C13H20O2/c1-13(14,10-11-15-2)9-8-12-6-4-3-5-7-12/h3-7,14H,8-11H2,1-2H3. The molecular formula is C13H20O2. The van der Waals surface area contributed by atoms with Gasteiger partial charge in [0.05, 0.1) is 5.60 Å². The van der Waals surface area contributed by atoms with Gasteiger partial charge in [-0.05, 0) is 31.7 Å². The minimum Gasteiger partial charge on any atom is -0.390 e. The van der Waals surface area contributed by atoms with Crippen molar-refractivity contribution in [3.8, 4) is 0 Å². The molecule has 1 atom stereocenters. The lowest BCUT2D eigenvalue weighted by Gasteiger charge is -2.22. The number of methoxy groups -OCH3 is 1. The van der Waals surface area contributed by atoms with E-state index in [2.05, 4.69) is 12.1 Å². The van der Waals surface area contributed by atoms with E-state index >= 15 is 0 Å².